The highest BCUT2D eigenvalue weighted by Gasteiger charge is 2.21. The molecule has 1 saturated heterocycles. The van der Waals surface area contributed by atoms with Crippen molar-refractivity contribution in [2.75, 3.05) is 13.1 Å². The summed E-state index contributed by atoms with van der Waals surface area (Å²) in [6, 6.07) is 3.06. The number of phenolic OH excluding ortho intramolecular Hbond substituents is 1. The van der Waals surface area contributed by atoms with Gasteiger partial charge in [-0.2, -0.15) is 0 Å². The van der Waals surface area contributed by atoms with Gasteiger partial charge in [0, 0.05) is 18.0 Å². The van der Waals surface area contributed by atoms with Crippen molar-refractivity contribution in [1.29, 1.82) is 0 Å². The van der Waals surface area contributed by atoms with Crippen molar-refractivity contribution in [3.63, 3.8) is 0 Å². The summed E-state index contributed by atoms with van der Waals surface area (Å²) >= 11 is 0. The smallest absolute Gasteiger partial charge is 0.165 e. The van der Waals surface area contributed by atoms with Gasteiger partial charge in [-0.25, -0.2) is 4.39 Å². The molecule has 0 amide bonds. The lowest BCUT2D eigenvalue weighted by molar-refractivity contribution is 0.400. The topological polar surface area (TPSA) is 32.3 Å². The molecule has 1 aromatic rings. The number of rotatable bonds is 1. The molecule has 2 nitrogen and oxygen atoms in total. The van der Waals surface area contributed by atoms with Crippen LogP contribution in [0.2, 0.25) is 0 Å². The third-order valence-electron chi connectivity index (χ3n) is 3.09. The number of piperidine rings is 1. The van der Waals surface area contributed by atoms with Crippen LogP contribution in [0.4, 0.5) is 4.39 Å². The summed E-state index contributed by atoms with van der Waals surface area (Å²) in [5.41, 5.74) is 1.75. The summed E-state index contributed by atoms with van der Waals surface area (Å²) in [6.07, 6.45) is 2.10. The minimum Gasteiger partial charge on any atom is -0.505 e. The molecule has 1 atom stereocenters. The van der Waals surface area contributed by atoms with Gasteiger partial charge in [0.05, 0.1) is 0 Å². The molecule has 1 aliphatic heterocycles. The zero-order chi connectivity index (χ0) is 10.8. The van der Waals surface area contributed by atoms with Crippen molar-refractivity contribution in [3.8, 4) is 5.75 Å². The van der Waals surface area contributed by atoms with E-state index in [2.05, 4.69) is 5.32 Å². The van der Waals surface area contributed by atoms with E-state index < -0.39 is 5.82 Å². The van der Waals surface area contributed by atoms with Crippen molar-refractivity contribution in [1.82, 2.24) is 5.32 Å². The van der Waals surface area contributed by atoms with Crippen LogP contribution in [0.15, 0.2) is 12.1 Å². The second kappa shape index (κ2) is 4.19. The summed E-state index contributed by atoms with van der Waals surface area (Å²) < 4.78 is 13.2. The predicted octanol–water partition coefficient (Wildman–Crippen LogP) is 2.31. The fraction of sp³-hybridized carbons (Fsp3) is 0.500. The van der Waals surface area contributed by atoms with Crippen LogP contribution >= 0.6 is 0 Å². The van der Waals surface area contributed by atoms with Crippen molar-refractivity contribution in [2.24, 2.45) is 0 Å². The maximum Gasteiger partial charge on any atom is 0.165 e. The summed E-state index contributed by atoms with van der Waals surface area (Å²) in [6.45, 7) is 3.77. The highest BCUT2D eigenvalue weighted by molar-refractivity contribution is 5.42. The molecule has 3 heteroatoms. The fourth-order valence-electron chi connectivity index (χ4n) is 2.30. The van der Waals surface area contributed by atoms with Gasteiger partial charge in [-0.15, -0.1) is 0 Å². The fourth-order valence-corrected chi connectivity index (χ4v) is 2.30. The molecule has 1 unspecified atom stereocenters. The summed E-state index contributed by atoms with van der Waals surface area (Å²) in [5.74, 6) is -0.431. The molecule has 0 radical (unpaired) electrons. The maximum absolute atomic E-state index is 13.2. The Morgan fingerprint density at radius 1 is 1.47 bits per heavy atom. The standard InChI is InChI=1S/C12H16FNO/c1-8-4-5-10(13)12(15)11(8)9-3-2-6-14-7-9/h4-5,9,14-15H,2-3,6-7H2,1H3. The average Bonchev–Trinajstić information content (AvgIpc) is 2.26. The third-order valence-corrected chi connectivity index (χ3v) is 3.09. The van der Waals surface area contributed by atoms with Crippen LogP contribution in [0.3, 0.4) is 0 Å². The molecule has 0 spiro atoms. The number of nitrogens with one attached hydrogen (secondary N) is 1. The first-order valence-electron chi connectivity index (χ1n) is 5.39. The van der Waals surface area contributed by atoms with Gasteiger partial charge in [0.15, 0.2) is 11.6 Å². The van der Waals surface area contributed by atoms with Crippen LogP contribution in [0.25, 0.3) is 0 Å². The Labute approximate surface area is 89.1 Å². The first-order chi connectivity index (χ1) is 7.20. The lowest BCUT2D eigenvalue weighted by atomic mass is 9.88. The van der Waals surface area contributed by atoms with Gasteiger partial charge in [-0.1, -0.05) is 6.07 Å². The van der Waals surface area contributed by atoms with Crippen LogP contribution in [0.5, 0.6) is 5.75 Å². The van der Waals surface area contributed by atoms with Gasteiger partial charge in [-0.3, -0.25) is 0 Å². The normalized spacial score (nSPS) is 21.6. The SMILES string of the molecule is Cc1ccc(F)c(O)c1C1CCCNC1. The molecule has 0 aliphatic carbocycles. The van der Waals surface area contributed by atoms with E-state index in [-0.39, 0.29) is 11.7 Å². The van der Waals surface area contributed by atoms with Crippen LogP contribution in [0, 0.1) is 12.7 Å². The number of hydrogen-bond acceptors (Lipinski definition) is 2. The molecule has 15 heavy (non-hydrogen) atoms. The van der Waals surface area contributed by atoms with E-state index in [0.717, 1.165) is 37.1 Å². The Bertz CT molecular complexity index is 359. The Balaban J connectivity index is 2.36. The van der Waals surface area contributed by atoms with Crippen molar-refractivity contribution in [2.45, 2.75) is 25.7 Å². The second-order valence-corrected chi connectivity index (χ2v) is 4.17. The average molecular weight is 209 g/mol. The largest absolute Gasteiger partial charge is 0.505 e. The van der Waals surface area contributed by atoms with E-state index in [9.17, 15) is 9.50 Å². The van der Waals surface area contributed by atoms with Crippen LogP contribution in [-0.2, 0) is 0 Å². The Kier molecular flexibility index (Phi) is 2.91. The van der Waals surface area contributed by atoms with Gasteiger partial charge in [0.25, 0.3) is 0 Å². The third kappa shape index (κ3) is 1.97. The van der Waals surface area contributed by atoms with Gasteiger partial charge >= 0.3 is 0 Å². The van der Waals surface area contributed by atoms with Crippen LogP contribution < -0.4 is 5.32 Å². The first-order valence-corrected chi connectivity index (χ1v) is 5.39. The van der Waals surface area contributed by atoms with E-state index in [1.165, 1.54) is 6.07 Å². The second-order valence-electron chi connectivity index (χ2n) is 4.17. The van der Waals surface area contributed by atoms with Crippen LogP contribution in [0.1, 0.15) is 29.9 Å². The molecule has 0 bridgehead atoms. The zero-order valence-corrected chi connectivity index (χ0v) is 8.89. The molecule has 0 aromatic heterocycles. The van der Waals surface area contributed by atoms with E-state index in [4.69, 9.17) is 0 Å². The maximum atomic E-state index is 13.2. The van der Waals surface area contributed by atoms with Crippen molar-refractivity contribution < 1.29 is 9.50 Å². The number of phenols is 1. The van der Waals surface area contributed by atoms with Crippen molar-refractivity contribution in [3.05, 3.63) is 29.1 Å². The molecule has 0 saturated carbocycles. The van der Waals surface area contributed by atoms with E-state index in [1.807, 2.05) is 6.92 Å². The van der Waals surface area contributed by atoms with Gasteiger partial charge in [0.1, 0.15) is 0 Å². The van der Waals surface area contributed by atoms with Gasteiger partial charge in [0.2, 0.25) is 0 Å². The molecule has 1 heterocycles. The Morgan fingerprint density at radius 3 is 2.93 bits per heavy atom. The zero-order valence-electron chi connectivity index (χ0n) is 8.89. The predicted molar refractivity (Wildman–Crippen MR) is 57.6 cm³/mol. The molecular formula is C12H16FNO. The highest BCUT2D eigenvalue weighted by atomic mass is 19.1. The molecule has 82 valence electrons. The molecule has 1 aliphatic rings. The lowest BCUT2D eigenvalue weighted by Crippen LogP contribution is -2.28. The first kappa shape index (κ1) is 10.4. The minimum atomic E-state index is -0.513. The number of halogens is 1. The van der Waals surface area contributed by atoms with E-state index in [0.29, 0.717) is 0 Å². The number of aryl methyl sites for hydroxylation is 1. The number of hydrogen-bond donors (Lipinski definition) is 2. The lowest BCUT2D eigenvalue weighted by Gasteiger charge is -2.25. The summed E-state index contributed by atoms with van der Waals surface area (Å²) in [5, 5.41) is 13.0. The van der Waals surface area contributed by atoms with Gasteiger partial charge < -0.3 is 10.4 Å². The Hall–Kier alpha value is -1.09. The minimum absolute atomic E-state index is 0.163. The molecular weight excluding hydrogens is 193 g/mol. The van der Waals surface area contributed by atoms with Crippen molar-refractivity contribution >= 4 is 0 Å². The Morgan fingerprint density at radius 2 is 2.27 bits per heavy atom. The number of benzene rings is 1. The van der Waals surface area contributed by atoms with Crippen LogP contribution in [-0.4, -0.2) is 18.2 Å². The van der Waals surface area contributed by atoms with E-state index >= 15 is 0 Å². The molecule has 2 N–H and O–H groups in total. The van der Waals surface area contributed by atoms with Gasteiger partial charge in [-0.05, 0) is 37.9 Å². The molecule has 2 rings (SSSR count). The quantitative estimate of drug-likeness (QED) is 0.744. The summed E-state index contributed by atoms with van der Waals surface area (Å²) in [4.78, 5) is 0. The molecule has 1 aromatic carbocycles. The monoisotopic (exact) mass is 209 g/mol. The highest BCUT2D eigenvalue weighted by Crippen LogP contribution is 2.34. The number of aromatic hydroxyl groups is 1. The molecule has 1 fully saturated rings. The summed E-state index contributed by atoms with van der Waals surface area (Å²) in [7, 11) is 0. The van der Waals surface area contributed by atoms with E-state index in [1.54, 1.807) is 6.07 Å².